The largest absolute Gasteiger partial charge is 0.431 e. The van der Waals surface area contributed by atoms with Crippen LogP contribution in [0, 0.1) is 0 Å². The summed E-state index contributed by atoms with van der Waals surface area (Å²) in [4.78, 5) is 15.5. The van der Waals surface area contributed by atoms with E-state index in [0.717, 1.165) is 19.2 Å². The van der Waals surface area contributed by atoms with Crippen LogP contribution in [0.15, 0.2) is 12.1 Å². The first kappa shape index (κ1) is 15.2. The van der Waals surface area contributed by atoms with Crippen LogP contribution in [-0.4, -0.2) is 47.1 Å². The van der Waals surface area contributed by atoms with Gasteiger partial charge < -0.3 is 20.1 Å². The van der Waals surface area contributed by atoms with Crippen molar-refractivity contribution >= 4 is 6.03 Å². The number of piperidine rings is 1. The summed E-state index contributed by atoms with van der Waals surface area (Å²) in [5.74, 6) is 0. The Labute approximate surface area is 126 Å². The molecule has 1 fully saturated rings. The van der Waals surface area contributed by atoms with Crippen LogP contribution in [0.4, 0.5) is 18.0 Å². The van der Waals surface area contributed by atoms with Crippen molar-refractivity contribution in [2.75, 3.05) is 26.7 Å². The highest BCUT2D eigenvalue weighted by molar-refractivity contribution is 5.73. The normalized spacial score (nSPS) is 21.9. The van der Waals surface area contributed by atoms with E-state index in [1.54, 1.807) is 4.90 Å². The molecule has 122 valence electrons. The molecule has 0 atom stereocenters. The first-order chi connectivity index (χ1) is 10.3. The van der Waals surface area contributed by atoms with Gasteiger partial charge in [-0.05, 0) is 32.0 Å². The third-order valence-electron chi connectivity index (χ3n) is 4.89. The minimum Gasteiger partial charge on any atom is -0.351 e. The van der Waals surface area contributed by atoms with Crippen LogP contribution < -0.4 is 5.73 Å². The third kappa shape index (κ3) is 2.16. The van der Waals surface area contributed by atoms with E-state index in [2.05, 4.69) is 4.90 Å². The molecule has 3 rings (SSSR count). The van der Waals surface area contributed by atoms with Gasteiger partial charge in [0.05, 0.1) is 5.54 Å². The molecule has 3 heterocycles. The average Bonchev–Trinajstić information content (AvgIpc) is 2.87. The molecule has 2 aliphatic rings. The van der Waals surface area contributed by atoms with Crippen LogP contribution >= 0.6 is 0 Å². The van der Waals surface area contributed by atoms with Crippen LogP contribution in [0.25, 0.3) is 0 Å². The topological polar surface area (TPSA) is 54.5 Å². The second-order valence-electron chi connectivity index (χ2n) is 6.08. The van der Waals surface area contributed by atoms with Crippen molar-refractivity contribution in [3.8, 4) is 0 Å². The van der Waals surface area contributed by atoms with Gasteiger partial charge in [0, 0.05) is 31.9 Å². The molecule has 0 aromatic carbocycles. The molecule has 8 heteroatoms. The standard InChI is InChI=1S/C14H19F3N4O/c1-19-6-4-13(5-7-19)10-2-3-11(14(15,16)17)20(10)8-9-21(13)12(18)22/h2-3H,4-9H2,1H3,(H2,18,22). The van der Waals surface area contributed by atoms with Gasteiger partial charge in [0.1, 0.15) is 5.69 Å². The molecule has 1 spiro atoms. The van der Waals surface area contributed by atoms with Crippen molar-refractivity contribution in [3.05, 3.63) is 23.5 Å². The van der Waals surface area contributed by atoms with Gasteiger partial charge >= 0.3 is 12.2 Å². The third-order valence-corrected chi connectivity index (χ3v) is 4.89. The first-order valence-electron chi connectivity index (χ1n) is 7.28. The summed E-state index contributed by atoms with van der Waals surface area (Å²) in [7, 11) is 1.96. The van der Waals surface area contributed by atoms with E-state index in [4.69, 9.17) is 5.73 Å². The van der Waals surface area contributed by atoms with Crippen LogP contribution in [0.3, 0.4) is 0 Å². The maximum atomic E-state index is 13.1. The SMILES string of the molecule is CN1CCC2(CC1)c1ccc(C(F)(F)F)n1CCN2C(N)=O. The molecule has 1 saturated heterocycles. The number of nitrogens with zero attached hydrogens (tertiary/aromatic N) is 3. The number of amides is 2. The molecule has 0 unspecified atom stereocenters. The second-order valence-corrected chi connectivity index (χ2v) is 6.08. The number of hydrogen-bond donors (Lipinski definition) is 1. The van der Waals surface area contributed by atoms with Gasteiger partial charge in [-0.15, -0.1) is 0 Å². The fourth-order valence-corrected chi connectivity index (χ4v) is 3.75. The molecular weight excluding hydrogens is 297 g/mol. The van der Waals surface area contributed by atoms with E-state index < -0.39 is 23.4 Å². The Kier molecular flexibility index (Phi) is 3.39. The fourth-order valence-electron chi connectivity index (χ4n) is 3.75. The lowest BCUT2D eigenvalue weighted by molar-refractivity contribution is -0.144. The second kappa shape index (κ2) is 4.91. The Morgan fingerprint density at radius 2 is 1.82 bits per heavy atom. The van der Waals surface area contributed by atoms with Gasteiger partial charge in [-0.3, -0.25) is 0 Å². The number of rotatable bonds is 0. The summed E-state index contributed by atoms with van der Waals surface area (Å²) < 4.78 is 40.8. The minimum atomic E-state index is -4.39. The molecule has 0 bridgehead atoms. The molecule has 2 aliphatic heterocycles. The van der Waals surface area contributed by atoms with E-state index >= 15 is 0 Å². The van der Waals surface area contributed by atoms with Crippen LogP contribution in [0.1, 0.15) is 24.2 Å². The number of nitrogens with two attached hydrogens (primary N) is 1. The number of alkyl halides is 3. The van der Waals surface area contributed by atoms with Crippen molar-refractivity contribution in [1.82, 2.24) is 14.4 Å². The number of urea groups is 1. The summed E-state index contributed by atoms with van der Waals surface area (Å²) in [6, 6.07) is 2.05. The average molecular weight is 316 g/mol. The van der Waals surface area contributed by atoms with Gasteiger partial charge in [0.2, 0.25) is 0 Å². The number of likely N-dealkylation sites (tertiary alicyclic amines) is 1. The highest BCUT2D eigenvalue weighted by atomic mass is 19.4. The van der Waals surface area contributed by atoms with Gasteiger partial charge in [-0.25, -0.2) is 4.79 Å². The van der Waals surface area contributed by atoms with Gasteiger partial charge in [-0.1, -0.05) is 0 Å². The molecular formula is C14H19F3N4O. The van der Waals surface area contributed by atoms with Crippen molar-refractivity contribution in [3.63, 3.8) is 0 Å². The zero-order chi connectivity index (χ0) is 16.1. The molecule has 22 heavy (non-hydrogen) atoms. The minimum absolute atomic E-state index is 0.123. The lowest BCUT2D eigenvalue weighted by atomic mass is 9.81. The first-order valence-corrected chi connectivity index (χ1v) is 7.28. The number of hydrogen-bond acceptors (Lipinski definition) is 2. The van der Waals surface area contributed by atoms with Crippen molar-refractivity contribution in [2.24, 2.45) is 5.73 Å². The number of carbonyl (C=O) groups excluding carboxylic acids is 1. The molecule has 2 amide bonds. The van der Waals surface area contributed by atoms with Crippen LogP contribution in [0.2, 0.25) is 0 Å². The summed E-state index contributed by atoms with van der Waals surface area (Å²) in [5.41, 5.74) is 4.68. The molecule has 0 aliphatic carbocycles. The maximum Gasteiger partial charge on any atom is 0.431 e. The Morgan fingerprint density at radius 1 is 1.18 bits per heavy atom. The Hall–Kier alpha value is -1.70. The lowest BCUT2D eigenvalue weighted by Gasteiger charge is -2.50. The van der Waals surface area contributed by atoms with Crippen LogP contribution in [0.5, 0.6) is 0 Å². The monoisotopic (exact) mass is 316 g/mol. The molecule has 0 radical (unpaired) electrons. The van der Waals surface area contributed by atoms with Crippen molar-refractivity contribution < 1.29 is 18.0 Å². The molecule has 1 aromatic rings. The number of fused-ring (bicyclic) bond motifs is 2. The van der Waals surface area contributed by atoms with E-state index in [1.165, 1.54) is 10.6 Å². The number of primary amides is 1. The van der Waals surface area contributed by atoms with Gasteiger partial charge in [-0.2, -0.15) is 13.2 Å². The molecule has 1 aromatic heterocycles. The Morgan fingerprint density at radius 3 is 2.36 bits per heavy atom. The predicted molar refractivity (Wildman–Crippen MR) is 74.1 cm³/mol. The Balaban J connectivity index is 2.09. The van der Waals surface area contributed by atoms with E-state index in [1.807, 2.05) is 7.05 Å². The van der Waals surface area contributed by atoms with Crippen LogP contribution in [-0.2, 0) is 18.3 Å². The number of halogens is 3. The zero-order valence-corrected chi connectivity index (χ0v) is 12.4. The number of aromatic nitrogens is 1. The number of carbonyl (C=O) groups is 1. The van der Waals surface area contributed by atoms with Gasteiger partial charge in [0.15, 0.2) is 0 Å². The predicted octanol–water partition coefficient (Wildman–Crippen LogP) is 1.82. The summed E-state index contributed by atoms with van der Waals surface area (Å²) >= 11 is 0. The summed E-state index contributed by atoms with van der Waals surface area (Å²) in [6.07, 6.45) is -3.21. The molecule has 5 nitrogen and oxygen atoms in total. The van der Waals surface area contributed by atoms with E-state index in [9.17, 15) is 18.0 Å². The molecule has 0 saturated carbocycles. The highest BCUT2D eigenvalue weighted by Crippen LogP contribution is 2.44. The highest BCUT2D eigenvalue weighted by Gasteiger charge is 2.49. The van der Waals surface area contributed by atoms with E-state index in [0.29, 0.717) is 18.5 Å². The van der Waals surface area contributed by atoms with E-state index in [-0.39, 0.29) is 13.1 Å². The molecule has 2 N–H and O–H groups in total. The zero-order valence-electron chi connectivity index (χ0n) is 12.4. The van der Waals surface area contributed by atoms with Crippen molar-refractivity contribution in [2.45, 2.75) is 31.1 Å². The fraction of sp³-hybridized carbons (Fsp3) is 0.643. The smallest absolute Gasteiger partial charge is 0.351 e. The Bertz CT molecular complexity index is 587. The summed E-state index contributed by atoms with van der Waals surface area (Å²) in [5, 5.41) is 0. The quantitative estimate of drug-likeness (QED) is 0.794. The lowest BCUT2D eigenvalue weighted by Crippen LogP contribution is -2.60. The summed E-state index contributed by atoms with van der Waals surface area (Å²) in [6.45, 7) is 1.77. The van der Waals surface area contributed by atoms with Gasteiger partial charge in [0.25, 0.3) is 0 Å². The maximum absolute atomic E-state index is 13.1. The van der Waals surface area contributed by atoms with Crippen molar-refractivity contribution in [1.29, 1.82) is 0 Å².